The van der Waals surface area contributed by atoms with Gasteiger partial charge < -0.3 is 10.2 Å². The van der Waals surface area contributed by atoms with Crippen LogP contribution in [0.15, 0.2) is 91.2 Å². The molecule has 2 nitrogen and oxygen atoms in total. The zero-order chi connectivity index (χ0) is 25.8. The molecule has 1 aliphatic carbocycles. The van der Waals surface area contributed by atoms with Gasteiger partial charge in [0.05, 0.1) is 5.69 Å². The molecule has 3 aliphatic rings. The highest BCUT2D eigenvalue weighted by Gasteiger charge is 2.33. The molecule has 3 heterocycles. The lowest BCUT2D eigenvalue weighted by atomic mass is 9.92. The molecular weight excluding hydrogens is 480 g/mol. The van der Waals surface area contributed by atoms with Crippen LogP contribution in [0.25, 0.3) is 40.0 Å². The average Bonchev–Trinajstić information content (AvgIpc) is 3.34. The molecule has 0 saturated carbocycles. The van der Waals surface area contributed by atoms with Crippen LogP contribution in [-0.4, -0.2) is 6.17 Å². The maximum atomic E-state index is 3.72. The summed E-state index contributed by atoms with van der Waals surface area (Å²) in [7, 11) is 0. The van der Waals surface area contributed by atoms with E-state index in [1.807, 2.05) is 11.3 Å². The second-order valence-electron chi connectivity index (χ2n) is 10.5. The largest absolute Gasteiger partial charge is 0.359 e. The SMILES string of the molecule is Cc1ccc(-c2ccc(-c3ccc(C4=CN5c6sc7c(c6NC5C=C4)C=CCC=C7)cc3)cc2C)c(C)c1. The van der Waals surface area contributed by atoms with E-state index in [1.165, 1.54) is 71.2 Å². The fourth-order valence-electron chi connectivity index (χ4n) is 5.80. The van der Waals surface area contributed by atoms with Crippen molar-refractivity contribution in [2.45, 2.75) is 33.4 Å². The van der Waals surface area contributed by atoms with Crippen LogP contribution < -0.4 is 10.2 Å². The van der Waals surface area contributed by atoms with Crippen molar-refractivity contribution in [3.05, 3.63) is 124 Å². The average molecular weight is 511 g/mol. The zero-order valence-electron chi connectivity index (χ0n) is 22.0. The molecule has 0 fully saturated rings. The quantitative estimate of drug-likeness (QED) is 0.295. The maximum Gasteiger partial charge on any atom is 0.124 e. The Balaban J connectivity index is 1.16. The van der Waals surface area contributed by atoms with E-state index < -0.39 is 0 Å². The Morgan fingerprint density at radius 3 is 2.26 bits per heavy atom. The van der Waals surface area contributed by atoms with Gasteiger partial charge in [-0.3, -0.25) is 0 Å². The van der Waals surface area contributed by atoms with Crippen LogP contribution in [0.1, 0.15) is 39.1 Å². The fourth-order valence-corrected chi connectivity index (χ4v) is 6.99. The summed E-state index contributed by atoms with van der Waals surface area (Å²) in [6, 6.07) is 22.5. The van der Waals surface area contributed by atoms with Gasteiger partial charge in [-0.05, 0) is 83.9 Å². The third-order valence-electron chi connectivity index (χ3n) is 7.79. The van der Waals surface area contributed by atoms with E-state index in [-0.39, 0.29) is 6.17 Å². The third-order valence-corrected chi connectivity index (χ3v) is 8.98. The van der Waals surface area contributed by atoms with E-state index in [2.05, 4.69) is 134 Å². The smallest absolute Gasteiger partial charge is 0.124 e. The molecule has 1 atom stereocenters. The molecule has 3 heteroatoms. The highest BCUT2D eigenvalue weighted by Crippen LogP contribution is 2.49. The minimum absolute atomic E-state index is 0.184. The van der Waals surface area contributed by atoms with E-state index in [0.29, 0.717) is 0 Å². The van der Waals surface area contributed by atoms with E-state index >= 15 is 0 Å². The predicted octanol–water partition coefficient (Wildman–Crippen LogP) is 9.61. The van der Waals surface area contributed by atoms with Crippen molar-refractivity contribution in [3.8, 4) is 22.3 Å². The van der Waals surface area contributed by atoms with Gasteiger partial charge >= 0.3 is 0 Å². The van der Waals surface area contributed by atoms with Crippen molar-refractivity contribution in [1.82, 2.24) is 0 Å². The summed E-state index contributed by atoms with van der Waals surface area (Å²) in [6.45, 7) is 6.57. The Kier molecular flexibility index (Phi) is 5.49. The minimum atomic E-state index is 0.184. The van der Waals surface area contributed by atoms with Crippen molar-refractivity contribution in [2.75, 3.05) is 10.2 Å². The van der Waals surface area contributed by atoms with Crippen molar-refractivity contribution >= 4 is 39.8 Å². The molecule has 1 unspecified atom stereocenters. The van der Waals surface area contributed by atoms with Crippen molar-refractivity contribution in [1.29, 1.82) is 0 Å². The number of fused-ring (bicyclic) bond motifs is 5. The van der Waals surface area contributed by atoms with Gasteiger partial charge in [0.1, 0.15) is 11.2 Å². The Morgan fingerprint density at radius 2 is 1.47 bits per heavy atom. The first-order chi connectivity index (χ1) is 18.5. The third kappa shape index (κ3) is 3.86. The standard InChI is InChI=1S/C35H30N2S/c1-22-9-16-29(23(2)19-22)30-17-14-27(20-24(30)3)25-10-12-26(13-11-25)28-15-18-33-36-34-31-7-5-4-6-8-32(31)38-35(34)37(33)21-28/h5-21,33,36H,4H2,1-3H3. The first kappa shape index (κ1) is 23.1. The molecule has 0 bridgehead atoms. The second kappa shape index (κ2) is 9.04. The molecule has 38 heavy (non-hydrogen) atoms. The Morgan fingerprint density at radius 1 is 0.763 bits per heavy atom. The molecule has 4 aromatic rings. The first-order valence-electron chi connectivity index (χ1n) is 13.3. The molecule has 0 spiro atoms. The summed E-state index contributed by atoms with van der Waals surface area (Å²) >= 11 is 1.87. The number of thiophene rings is 1. The number of benzene rings is 3. The van der Waals surface area contributed by atoms with Crippen LogP contribution in [0.2, 0.25) is 0 Å². The normalized spacial score (nSPS) is 17.0. The highest BCUT2D eigenvalue weighted by molar-refractivity contribution is 7.18. The number of nitrogens with zero attached hydrogens (tertiary/aromatic N) is 1. The van der Waals surface area contributed by atoms with Gasteiger partial charge in [0.25, 0.3) is 0 Å². The summed E-state index contributed by atoms with van der Waals surface area (Å²) in [5, 5.41) is 5.02. The van der Waals surface area contributed by atoms with Gasteiger partial charge in [-0.25, -0.2) is 0 Å². The van der Waals surface area contributed by atoms with Gasteiger partial charge in [-0.15, -0.1) is 11.3 Å². The lowest BCUT2D eigenvalue weighted by Crippen LogP contribution is -2.31. The summed E-state index contributed by atoms with van der Waals surface area (Å²) < 4.78 is 0. The minimum Gasteiger partial charge on any atom is -0.359 e. The van der Waals surface area contributed by atoms with Crippen LogP contribution in [0.3, 0.4) is 0 Å². The van der Waals surface area contributed by atoms with E-state index in [1.54, 1.807) is 0 Å². The molecule has 1 aromatic heterocycles. The predicted molar refractivity (Wildman–Crippen MR) is 166 cm³/mol. The molecule has 0 amide bonds. The molecule has 1 N–H and O–H groups in total. The van der Waals surface area contributed by atoms with Crippen molar-refractivity contribution < 1.29 is 0 Å². The summed E-state index contributed by atoms with van der Waals surface area (Å²) in [6.07, 6.45) is 17.0. The fraction of sp³-hybridized carbons (Fsp3) is 0.143. The lowest BCUT2D eigenvalue weighted by molar-refractivity contribution is 0.915. The molecular formula is C35H30N2S. The molecule has 3 aromatic carbocycles. The first-order valence-corrected chi connectivity index (χ1v) is 14.1. The number of allylic oxidation sites excluding steroid dienone is 4. The number of nitrogens with one attached hydrogen (secondary N) is 1. The summed E-state index contributed by atoms with van der Waals surface area (Å²) in [5.74, 6) is 0. The number of anilines is 2. The summed E-state index contributed by atoms with van der Waals surface area (Å²) in [4.78, 5) is 3.72. The van der Waals surface area contributed by atoms with E-state index in [9.17, 15) is 0 Å². The van der Waals surface area contributed by atoms with Crippen LogP contribution in [0.4, 0.5) is 10.7 Å². The summed E-state index contributed by atoms with van der Waals surface area (Å²) in [5.41, 5.74) is 14.1. The van der Waals surface area contributed by atoms with Gasteiger partial charge in [0, 0.05) is 16.6 Å². The molecule has 2 aliphatic heterocycles. The van der Waals surface area contributed by atoms with Crippen LogP contribution in [0.5, 0.6) is 0 Å². The Hall–Kier alpha value is -4.08. The number of hydrogen-bond acceptors (Lipinski definition) is 3. The van der Waals surface area contributed by atoms with Crippen LogP contribution >= 0.6 is 11.3 Å². The highest BCUT2D eigenvalue weighted by atomic mass is 32.1. The van der Waals surface area contributed by atoms with Gasteiger partial charge in [0.2, 0.25) is 0 Å². The molecule has 7 rings (SSSR count). The zero-order valence-corrected chi connectivity index (χ0v) is 22.8. The maximum absolute atomic E-state index is 3.72. The Labute approximate surface area is 229 Å². The number of rotatable bonds is 3. The topological polar surface area (TPSA) is 15.3 Å². The van der Waals surface area contributed by atoms with Crippen molar-refractivity contribution in [3.63, 3.8) is 0 Å². The molecule has 186 valence electrons. The number of aryl methyl sites for hydroxylation is 3. The number of hydrogen-bond donors (Lipinski definition) is 1. The molecule has 0 saturated heterocycles. The van der Waals surface area contributed by atoms with Gasteiger partial charge in [-0.2, -0.15) is 0 Å². The molecule has 0 radical (unpaired) electrons. The van der Waals surface area contributed by atoms with Gasteiger partial charge in [0.15, 0.2) is 0 Å². The van der Waals surface area contributed by atoms with Crippen molar-refractivity contribution in [2.24, 2.45) is 0 Å². The van der Waals surface area contributed by atoms with E-state index in [0.717, 1.165) is 6.42 Å². The Bertz CT molecular complexity index is 1690. The lowest BCUT2D eigenvalue weighted by Gasteiger charge is -2.25. The van der Waals surface area contributed by atoms with Gasteiger partial charge in [-0.1, -0.05) is 90.5 Å². The second-order valence-corrected chi connectivity index (χ2v) is 11.5. The van der Waals surface area contributed by atoms with Crippen LogP contribution in [0, 0.1) is 20.8 Å². The van der Waals surface area contributed by atoms with Crippen LogP contribution in [-0.2, 0) is 0 Å². The monoisotopic (exact) mass is 510 g/mol. The van der Waals surface area contributed by atoms with E-state index in [4.69, 9.17) is 0 Å².